The Balaban J connectivity index is 4.45. The van der Waals surface area contributed by atoms with Crippen LogP contribution >= 0.6 is 0 Å². The Morgan fingerprint density at radius 2 is 1.35 bits per heavy atom. The van der Waals surface area contributed by atoms with E-state index >= 15 is 0 Å². The van der Waals surface area contributed by atoms with Gasteiger partial charge in [-0.05, 0) is 6.42 Å². The molecule has 103 valence electrons. The first-order chi connectivity index (χ1) is 7.73. The number of hydrogen-bond donors (Lipinski definition) is 0. The summed E-state index contributed by atoms with van der Waals surface area (Å²) in [6, 6.07) is -4.73. The Labute approximate surface area is 90.0 Å². The third-order valence-corrected chi connectivity index (χ3v) is 1.67. The zero-order valence-corrected chi connectivity index (χ0v) is 7.96. The van der Waals surface area contributed by atoms with Crippen LogP contribution in [0.5, 0.6) is 0 Å². The second kappa shape index (κ2) is 7.58. The minimum atomic E-state index is -2.41. The molecule has 0 spiro atoms. The molecule has 0 N–H and O–H groups in total. The van der Waals surface area contributed by atoms with Crippen molar-refractivity contribution in [1.29, 1.82) is 0 Å². The molecule has 0 saturated carbocycles. The molecule has 17 heavy (non-hydrogen) atoms. The molecule has 0 heterocycles. The Hall–Kier alpha value is -0.720. The SMILES string of the molecule is FN(F)[CH]C(CC(CN(F)F)N(F)F)N(F)F. The second-order valence-electron chi connectivity index (χ2n) is 2.87. The summed E-state index contributed by atoms with van der Waals surface area (Å²) in [5.41, 5.74) is 0. The van der Waals surface area contributed by atoms with Gasteiger partial charge in [-0.3, -0.25) is 0 Å². The highest BCUT2D eigenvalue weighted by Crippen LogP contribution is 2.19. The van der Waals surface area contributed by atoms with Gasteiger partial charge in [0.25, 0.3) is 0 Å². The predicted molar refractivity (Wildman–Crippen MR) is 37.6 cm³/mol. The van der Waals surface area contributed by atoms with Crippen LogP contribution in [-0.4, -0.2) is 40.0 Å². The zero-order valence-electron chi connectivity index (χ0n) is 7.96. The summed E-state index contributed by atoms with van der Waals surface area (Å²) in [6.45, 7) is -1.94. The molecule has 12 heteroatoms. The van der Waals surface area contributed by atoms with Gasteiger partial charge in [0.1, 0.15) is 6.54 Å². The fourth-order valence-electron chi connectivity index (χ4n) is 0.975. The Morgan fingerprint density at radius 1 is 0.824 bits per heavy atom. The highest BCUT2D eigenvalue weighted by Gasteiger charge is 2.32. The molecule has 0 aromatic carbocycles. The van der Waals surface area contributed by atoms with Gasteiger partial charge in [0.15, 0.2) is 0 Å². The molecule has 4 nitrogen and oxygen atoms in total. The van der Waals surface area contributed by atoms with Crippen LogP contribution in [-0.2, 0) is 0 Å². The molecule has 0 amide bonds. The normalized spacial score (nSPS) is 16.2. The molecule has 1 radical (unpaired) electrons. The third kappa shape index (κ3) is 7.25. The van der Waals surface area contributed by atoms with Gasteiger partial charge in [-0.2, -0.15) is 0 Å². The maximum atomic E-state index is 12.0. The average Bonchev–Trinajstić information content (AvgIpc) is 2.13. The number of hydrogen-bond acceptors (Lipinski definition) is 4. The minimum absolute atomic E-state index is 0.378. The van der Waals surface area contributed by atoms with Crippen molar-refractivity contribution in [2.45, 2.75) is 18.5 Å². The quantitative estimate of drug-likeness (QED) is 0.498. The Kier molecular flexibility index (Phi) is 7.26. The fraction of sp³-hybridized carbons (Fsp3) is 0.800. The third-order valence-electron chi connectivity index (χ3n) is 1.67. The van der Waals surface area contributed by atoms with E-state index in [4.69, 9.17) is 0 Å². The van der Waals surface area contributed by atoms with Gasteiger partial charge in [-0.15, -0.1) is 35.9 Å². The van der Waals surface area contributed by atoms with E-state index in [-0.39, 0.29) is 6.54 Å². The summed E-state index contributed by atoms with van der Waals surface area (Å²) in [4.78, 5) is 0. The molecule has 0 fully saturated rings. The van der Waals surface area contributed by atoms with Crippen LogP contribution in [0, 0.1) is 6.54 Å². The Morgan fingerprint density at radius 3 is 1.65 bits per heavy atom. The van der Waals surface area contributed by atoms with E-state index in [0.717, 1.165) is 0 Å². The van der Waals surface area contributed by atoms with Crippen molar-refractivity contribution >= 4 is 0 Å². The van der Waals surface area contributed by atoms with E-state index in [2.05, 4.69) is 0 Å². The van der Waals surface area contributed by atoms with E-state index in [0.29, 0.717) is 0 Å². The molecule has 2 atom stereocenters. The summed E-state index contributed by atoms with van der Waals surface area (Å²) in [5.74, 6) is 0. The van der Waals surface area contributed by atoms with Gasteiger partial charge in [-0.1, -0.05) is 0 Å². The first-order valence-electron chi connectivity index (χ1n) is 4.00. The Bertz CT molecular complexity index is 182. The van der Waals surface area contributed by atoms with E-state index in [9.17, 15) is 35.9 Å². The second-order valence-corrected chi connectivity index (χ2v) is 2.87. The van der Waals surface area contributed by atoms with Crippen molar-refractivity contribution in [1.82, 2.24) is 21.4 Å². The van der Waals surface area contributed by atoms with E-state index in [1.807, 2.05) is 0 Å². The summed E-state index contributed by atoms with van der Waals surface area (Å²) >= 11 is 0. The summed E-state index contributed by atoms with van der Waals surface area (Å²) < 4.78 is 94.6. The first-order valence-corrected chi connectivity index (χ1v) is 4.00. The fourth-order valence-corrected chi connectivity index (χ4v) is 0.975. The molecule has 0 saturated heterocycles. The lowest BCUT2D eigenvalue weighted by Crippen LogP contribution is -2.38. The first kappa shape index (κ1) is 16.3. The lowest BCUT2D eigenvalue weighted by molar-refractivity contribution is -0.250. The molecule has 0 aliphatic carbocycles. The molecule has 0 aliphatic rings. The molecule has 0 bridgehead atoms. The van der Waals surface area contributed by atoms with Gasteiger partial charge >= 0.3 is 0 Å². The topological polar surface area (TPSA) is 13.0 Å². The number of halogens is 8. The maximum absolute atomic E-state index is 12.0. The molecular formula is C5H7F8N4. The van der Waals surface area contributed by atoms with E-state index in [1.54, 1.807) is 0 Å². The van der Waals surface area contributed by atoms with Crippen LogP contribution in [0.1, 0.15) is 6.42 Å². The lowest BCUT2D eigenvalue weighted by atomic mass is 10.1. The molecule has 0 aromatic rings. The predicted octanol–water partition coefficient (Wildman–Crippen LogP) is 2.56. The van der Waals surface area contributed by atoms with Gasteiger partial charge < -0.3 is 0 Å². The van der Waals surface area contributed by atoms with Crippen LogP contribution in [0.4, 0.5) is 35.9 Å². The molecule has 0 aliphatic heterocycles. The standard InChI is InChI=1S/C5H7F8N4/c6-14(7)2-4(16(10)11)1-5(17(12)13)3-15(8)9/h2,4-5H,1,3H2. The average molecular weight is 275 g/mol. The highest BCUT2D eigenvalue weighted by atomic mass is 19.4. The molecule has 2 unspecified atom stereocenters. The number of rotatable bonds is 8. The minimum Gasteiger partial charge on any atom is -0.101 e. The summed E-state index contributed by atoms with van der Waals surface area (Å²) in [5, 5.41) is -6.94. The summed E-state index contributed by atoms with van der Waals surface area (Å²) in [6.07, 6.45) is -1.31. The monoisotopic (exact) mass is 275 g/mol. The van der Waals surface area contributed by atoms with Crippen molar-refractivity contribution in [2.24, 2.45) is 0 Å². The van der Waals surface area contributed by atoms with Crippen molar-refractivity contribution in [3.8, 4) is 0 Å². The van der Waals surface area contributed by atoms with Gasteiger partial charge in [0.2, 0.25) is 0 Å². The van der Waals surface area contributed by atoms with Crippen LogP contribution in [0.25, 0.3) is 0 Å². The highest BCUT2D eigenvalue weighted by molar-refractivity contribution is 4.80. The smallest absolute Gasteiger partial charge is 0.101 e. The molecule has 0 rings (SSSR count). The number of nitrogens with zero attached hydrogens (tertiary/aromatic N) is 4. The largest absolute Gasteiger partial charge is 0.117 e. The van der Waals surface area contributed by atoms with Crippen LogP contribution in [0.3, 0.4) is 0 Å². The molecular weight excluding hydrogens is 268 g/mol. The zero-order chi connectivity index (χ0) is 13.6. The van der Waals surface area contributed by atoms with Crippen LogP contribution < -0.4 is 0 Å². The van der Waals surface area contributed by atoms with E-state index < -0.39 is 46.4 Å². The van der Waals surface area contributed by atoms with Gasteiger partial charge in [0.05, 0.1) is 18.6 Å². The van der Waals surface area contributed by atoms with Crippen molar-refractivity contribution < 1.29 is 35.9 Å². The van der Waals surface area contributed by atoms with Crippen molar-refractivity contribution in [3.05, 3.63) is 6.54 Å². The van der Waals surface area contributed by atoms with Crippen LogP contribution in [0.2, 0.25) is 0 Å². The van der Waals surface area contributed by atoms with E-state index in [1.165, 1.54) is 0 Å². The maximum Gasteiger partial charge on any atom is 0.117 e. The summed E-state index contributed by atoms with van der Waals surface area (Å²) in [7, 11) is 0. The lowest BCUT2D eigenvalue weighted by Gasteiger charge is -2.22. The van der Waals surface area contributed by atoms with Crippen molar-refractivity contribution in [3.63, 3.8) is 0 Å². The molecule has 0 aromatic heterocycles. The van der Waals surface area contributed by atoms with Gasteiger partial charge in [-0.25, -0.2) is 0 Å². The van der Waals surface area contributed by atoms with Gasteiger partial charge in [0, 0.05) is 21.4 Å². The van der Waals surface area contributed by atoms with Crippen LogP contribution in [0.15, 0.2) is 0 Å². The van der Waals surface area contributed by atoms with Crippen molar-refractivity contribution in [2.75, 3.05) is 6.54 Å².